The van der Waals surface area contributed by atoms with E-state index < -0.39 is 0 Å². The van der Waals surface area contributed by atoms with Gasteiger partial charge in [0, 0.05) is 34.1 Å². The van der Waals surface area contributed by atoms with Crippen LogP contribution in [-0.2, 0) is 11.2 Å². The Balaban J connectivity index is 1.79. The van der Waals surface area contributed by atoms with E-state index in [1.165, 1.54) is 6.42 Å². The molecule has 23 heavy (non-hydrogen) atoms. The van der Waals surface area contributed by atoms with Crippen LogP contribution in [0.2, 0.25) is 0 Å². The predicted molar refractivity (Wildman–Crippen MR) is 92.8 cm³/mol. The first-order valence-corrected chi connectivity index (χ1v) is 8.31. The lowest BCUT2D eigenvalue weighted by atomic mass is 9.78. The molecule has 122 valence electrons. The maximum atomic E-state index is 12.7. The van der Waals surface area contributed by atoms with E-state index >= 15 is 0 Å². The molecule has 1 aromatic carbocycles. The van der Waals surface area contributed by atoms with Crippen LogP contribution in [0.15, 0.2) is 23.0 Å². The van der Waals surface area contributed by atoms with Gasteiger partial charge in [-0.15, -0.1) is 0 Å². The highest BCUT2D eigenvalue weighted by Crippen LogP contribution is 2.30. The Hall–Kier alpha value is -2.10. The lowest BCUT2D eigenvalue weighted by Crippen LogP contribution is -2.51. The standard InChI is InChI=1S/C19H24N2O2/c1-12-5-7-16-15(11-12)18(23)14(13(2)20-16)6-8-17(22)21-19(3)9-4-10-19/h5,7,11H,4,6,8-10H2,1-3H3,(H,20,23)(H,21,22). The van der Waals surface area contributed by atoms with Crippen LogP contribution < -0.4 is 10.7 Å². The van der Waals surface area contributed by atoms with Crippen molar-refractivity contribution < 1.29 is 4.79 Å². The highest BCUT2D eigenvalue weighted by atomic mass is 16.1. The summed E-state index contributed by atoms with van der Waals surface area (Å²) in [6, 6.07) is 5.84. The number of pyridine rings is 1. The maximum Gasteiger partial charge on any atom is 0.220 e. The van der Waals surface area contributed by atoms with Crippen molar-refractivity contribution in [3.63, 3.8) is 0 Å². The van der Waals surface area contributed by atoms with Crippen LogP contribution in [0.4, 0.5) is 0 Å². The molecular weight excluding hydrogens is 288 g/mol. The predicted octanol–water partition coefficient (Wildman–Crippen LogP) is 3.14. The topological polar surface area (TPSA) is 62.0 Å². The molecule has 0 saturated heterocycles. The van der Waals surface area contributed by atoms with Crippen LogP contribution in [0.3, 0.4) is 0 Å². The number of nitrogens with one attached hydrogen (secondary N) is 2. The molecule has 0 aliphatic heterocycles. The van der Waals surface area contributed by atoms with Crippen molar-refractivity contribution in [3.05, 3.63) is 45.2 Å². The van der Waals surface area contributed by atoms with Gasteiger partial charge in [-0.05, 0) is 58.6 Å². The van der Waals surface area contributed by atoms with Crippen molar-refractivity contribution in [1.29, 1.82) is 0 Å². The van der Waals surface area contributed by atoms with Crippen LogP contribution >= 0.6 is 0 Å². The number of carbonyl (C=O) groups is 1. The van der Waals surface area contributed by atoms with Crippen molar-refractivity contribution in [2.75, 3.05) is 0 Å². The van der Waals surface area contributed by atoms with Crippen molar-refractivity contribution in [2.45, 2.75) is 58.4 Å². The third kappa shape index (κ3) is 3.16. The summed E-state index contributed by atoms with van der Waals surface area (Å²) in [5.41, 5.74) is 3.51. The van der Waals surface area contributed by atoms with Crippen LogP contribution in [0, 0.1) is 13.8 Å². The fourth-order valence-electron chi connectivity index (χ4n) is 3.34. The van der Waals surface area contributed by atoms with E-state index in [4.69, 9.17) is 0 Å². The molecule has 0 unspecified atom stereocenters. The molecule has 3 rings (SSSR count). The number of H-pyrrole nitrogens is 1. The number of benzene rings is 1. The Morgan fingerprint density at radius 3 is 2.70 bits per heavy atom. The monoisotopic (exact) mass is 312 g/mol. The molecule has 0 spiro atoms. The number of hydrogen-bond acceptors (Lipinski definition) is 2. The number of aromatic nitrogens is 1. The molecule has 1 aliphatic carbocycles. The number of carbonyl (C=O) groups excluding carboxylic acids is 1. The quantitative estimate of drug-likeness (QED) is 0.911. The highest BCUT2D eigenvalue weighted by molar-refractivity contribution is 5.81. The Kier molecular flexibility index (Phi) is 4.00. The minimum Gasteiger partial charge on any atom is -0.358 e. The molecule has 0 radical (unpaired) electrons. The second-order valence-corrected chi connectivity index (χ2v) is 7.07. The lowest BCUT2D eigenvalue weighted by Gasteiger charge is -2.39. The summed E-state index contributed by atoms with van der Waals surface area (Å²) in [6.45, 7) is 5.97. The maximum absolute atomic E-state index is 12.7. The summed E-state index contributed by atoms with van der Waals surface area (Å²) in [5.74, 6) is 0.0374. The molecule has 2 N–H and O–H groups in total. The summed E-state index contributed by atoms with van der Waals surface area (Å²) in [7, 11) is 0. The summed E-state index contributed by atoms with van der Waals surface area (Å²) in [5, 5.41) is 3.80. The van der Waals surface area contributed by atoms with E-state index in [0.29, 0.717) is 18.2 Å². The van der Waals surface area contributed by atoms with E-state index in [9.17, 15) is 9.59 Å². The molecule has 1 heterocycles. The van der Waals surface area contributed by atoms with Gasteiger partial charge in [0.15, 0.2) is 5.43 Å². The van der Waals surface area contributed by atoms with Crippen molar-refractivity contribution in [3.8, 4) is 0 Å². The average molecular weight is 312 g/mol. The third-order valence-corrected chi connectivity index (χ3v) is 4.97. The molecule has 1 fully saturated rings. The SMILES string of the molecule is Cc1ccc2[nH]c(C)c(CCC(=O)NC3(C)CCC3)c(=O)c2c1. The Morgan fingerprint density at radius 2 is 2.04 bits per heavy atom. The zero-order valence-electron chi connectivity index (χ0n) is 14.1. The molecule has 1 saturated carbocycles. The van der Waals surface area contributed by atoms with Crippen molar-refractivity contribution in [1.82, 2.24) is 10.3 Å². The minimum absolute atomic E-state index is 0.0287. The average Bonchev–Trinajstić information content (AvgIpc) is 2.46. The van der Waals surface area contributed by atoms with E-state index in [1.807, 2.05) is 32.0 Å². The van der Waals surface area contributed by atoms with Crippen LogP contribution in [0.5, 0.6) is 0 Å². The third-order valence-electron chi connectivity index (χ3n) is 4.97. The fourth-order valence-corrected chi connectivity index (χ4v) is 3.34. The van der Waals surface area contributed by atoms with Crippen LogP contribution in [0.1, 0.15) is 49.4 Å². The lowest BCUT2D eigenvalue weighted by molar-refractivity contribution is -0.123. The summed E-state index contributed by atoms with van der Waals surface area (Å²) in [6.07, 6.45) is 4.12. The van der Waals surface area contributed by atoms with E-state index in [0.717, 1.165) is 35.2 Å². The number of aromatic amines is 1. The van der Waals surface area contributed by atoms with Gasteiger partial charge in [-0.1, -0.05) is 11.6 Å². The number of aryl methyl sites for hydroxylation is 2. The molecule has 4 nitrogen and oxygen atoms in total. The number of hydrogen-bond donors (Lipinski definition) is 2. The van der Waals surface area contributed by atoms with Crippen molar-refractivity contribution in [2.24, 2.45) is 0 Å². The normalized spacial score (nSPS) is 16.1. The van der Waals surface area contributed by atoms with E-state index in [2.05, 4.69) is 17.2 Å². The second kappa shape index (κ2) is 5.84. The van der Waals surface area contributed by atoms with Gasteiger partial charge in [0.05, 0.1) is 0 Å². The fraction of sp³-hybridized carbons (Fsp3) is 0.474. The number of amides is 1. The largest absolute Gasteiger partial charge is 0.358 e. The number of fused-ring (bicyclic) bond motifs is 1. The molecular formula is C19H24N2O2. The zero-order valence-corrected chi connectivity index (χ0v) is 14.1. The summed E-state index contributed by atoms with van der Waals surface area (Å²) < 4.78 is 0. The Morgan fingerprint density at radius 1 is 1.30 bits per heavy atom. The van der Waals surface area contributed by atoms with Gasteiger partial charge in [-0.3, -0.25) is 9.59 Å². The highest BCUT2D eigenvalue weighted by Gasteiger charge is 2.32. The smallest absolute Gasteiger partial charge is 0.220 e. The van der Waals surface area contributed by atoms with E-state index in [1.54, 1.807) is 0 Å². The van der Waals surface area contributed by atoms with E-state index in [-0.39, 0.29) is 16.9 Å². The van der Waals surface area contributed by atoms with Gasteiger partial charge >= 0.3 is 0 Å². The second-order valence-electron chi connectivity index (χ2n) is 7.07. The van der Waals surface area contributed by atoms with Gasteiger partial charge in [0.25, 0.3) is 0 Å². The first kappa shape index (κ1) is 15.8. The molecule has 1 aliphatic rings. The Labute approximate surface area is 136 Å². The summed E-state index contributed by atoms with van der Waals surface area (Å²) >= 11 is 0. The molecule has 1 amide bonds. The summed E-state index contributed by atoms with van der Waals surface area (Å²) in [4.78, 5) is 28.1. The zero-order chi connectivity index (χ0) is 16.6. The minimum atomic E-state index is -0.0287. The first-order chi connectivity index (χ1) is 10.9. The van der Waals surface area contributed by atoms with Crippen molar-refractivity contribution >= 4 is 16.8 Å². The van der Waals surface area contributed by atoms with Gasteiger partial charge in [0.2, 0.25) is 5.91 Å². The molecule has 2 aromatic rings. The molecule has 0 bridgehead atoms. The molecule has 4 heteroatoms. The molecule has 1 aromatic heterocycles. The van der Waals surface area contributed by atoms with Gasteiger partial charge < -0.3 is 10.3 Å². The van der Waals surface area contributed by atoms with Gasteiger partial charge in [0.1, 0.15) is 0 Å². The van der Waals surface area contributed by atoms with Crippen LogP contribution in [-0.4, -0.2) is 16.4 Å². The first-order valence-electron chi connectivity index (χ1n) is 8.31. The van der Waals surface area contributed by atoms with Gasteiger partial charge in [-0.2, -0.15) is 0 Å². The number of rotatable bonds is 4. The van der Waals surface area contributed by atoms with Crippen LogP contribution in [0.25, 0.3) is 10.9 Å². The molecule has 0 atom stereocenters. The van der Waals surface area contributed by atoms with Gasteiger partial charge in [-0.25, -0.2) is 0 Å². The Bertz CT molecular complexity index is 816.